The van der Waals surface area contributed by atoms with Gasteiger partial charge in [0.05, 0.1) is 41.7 Å². The highest BCUT2D eigenvalue weighted by Gasteiger charge is 2.62. The minimum Gasteiger partial charge on any atom is -0.504 e. The van der Waals surface area contributed by atoms with E-state index in [2.05, 4.69) is 0 Å². The van der Waals surface area contributed by atoms with Crippen molar-refractivity contribution in [3.63, 3.8) is 0 Å². The van der Waals surface area contributed by atoms with Gasteiger partial charge in [-0.3, -0.25) is 29.0 Å². The van der Waals surface area contributed by atoms with E-state index in [1.165, 1.54) is 42.5 Å². The van der Waals surface area contributed by atoms with Gasteiger partial charge < -0.3 is 29.9 Å². The van der Waals surface area contributed by atoms with Crippen LogP contribution >= 0.6 is 0 Å². The van der Waals surface area contributed by atoms with Crippen LogP contribution in [-0.2, 0) is 19.2 Å². The number of phenolic OH excluding ortho intramolecular Hbond substituents is 1. The number of aromatic hydroxyl groups is 1. The molecule has 2 saturated heterocycles. The molecular weight excluding hydrogens is 618 g/mol. The Morgan fingerprint density at radius 3 is 1.90 bits per heavy atom. The van der Waals surface area contributed by atoms with Gasteiger partial charge in [-0.25, -0.2) is 0 Å². The van der Waals surface area contributed by atoms with Gasteiger partial charge in [-0.1, -0.05) is 42.0 Å². The average Bonchev–Trinajstić information content (AvgIpc) is 3.48. The third-order valence-corrected chi connectivity index (χ3v) is 10.1. The van der Waals surface area contributed by atoms with Crippen molar-refractivity contribution in [2.45, 2.75) is 25.7 Å². The van der Waals surface area contributed by atoms with Gasteiger partial charge in [0.2, 0.25) is 23.6 Å². The van der Waals surface area contributed by atoms with Crippen LogP contribution in [0.4, 0.5) is 11.4 Å². The molecule has 2 aliphatic heterocycles. The monoisotopic (exact) mass is 650 g/mol. The summed E-state index contributed by atoms with van der Waals surface area (Å²) in [7, 11) is -3.62. The molecule has 3 aromatic rings. The number of imide groups is 2. The first-order valence-electron chi connectivity index (χ1n) is 15.8. The van der Waals surface area contributed by atoms with E-state index < -0.39 is 73.4 Å². The molecule has 3 aromatic carbocycles. The molecule has 0 bridgehead atoms. The van der Waals surface area contributed by atoms with E-state index in [-0.39, 0.29) is 53.2 Å². The lowest BCUT2D eigenvalue weighted by Gasteiger charge is -2.44. The summed E-state index contributed by atoms with van der Waals surface area (Å²) in [5.41, 5.74) is 1.96. The number of rotatable bonds is 7. The molecule has 48 heavy (non-hydrogen) atoms. The number of benzene rings is 3. The number of phenols is 1. The third-order valence-electron chi connectivity index (χ3n) is 10.1. The Kier molecular flexibility index (Phi) is 7.99. The minimum atomic E-state index is -1.82. The van der Waals surface area contributed by atoms with Crippen LogP contribution < -0.4 is 25.5 Å². The van der Waals surface area contributed by atoms with Gasteiger partial charge in [0.1, 0.15) is 0 Å². The van der Waals surface area contributed by atoms with E-state index in [0.29, 0.717) is 5.56 Å². The fourth-order valence-corrected chi connectivity index (χ4v) is 8.12. The van der Waals surface area contributed by atoms with Crippen molar-refractivity contribution in [2.75, 3.05) is 16.4 Å². The minimum absolute atomic E-state index is 0.0977. The largest absolute Gasteiger partial charge is 0.504 e. The Bertz CT molecular complexity index is 1880. The highest BCUT2D eigenvalue weighted by molar-refractivity contribution is 6.59. The SMILES string of the molecule is CCOc1cc(C2C3=CCC4C(=O)N(c5cccc(B(O)O)c5)C(=O)C4C3CC3C(=O)N(c4cccc(B(O)O)c4)C(=O)C32)ccc1O. The van der Waals surface area contributed by atoms with Gasteiger partial charge in [0.25, 0.3) is 0 Å². The van der Waals surface area contributed by atoms with Gasteiger partial charge in [-0.15, -0.1) is 0 Å². The molecule has 6 atom stereocenters. The molecule has 1 saturated carbocycles. The molecule has 0 spiro atoms. The Morgan fingerprint density at radius 1 is 0.729 bits per heavy atom. The second-order valence-corrected chi connectivity index (χ2v) is 12.6. The van der Waals surface area contributed by atoms with Gasteiger partial charge in [0, 0.05) is 5.92 Å². The normalized spacial score (nSPS) is 26.2. The molecule has 5 N–H and O–H groups in total. The summed E-state index contributed by atoms with van der Waals surface area (Å²) in [4.78, 5) is 58.7. The zero-order valence-electron chi connectivity index (χ0n) is 25.8. The molecule has 4 amide bonds. The average molecular weight is 650 g/mol. The van der Waals surface area contributed by atoms with Gasteiger partial charge in [0.15, 0.2) is 11.5 Å². The lowest BCUT2D eigenvalue weighted by Crippen LogP contribution is -2.43. The van der Waals surface area contributed by atoms with Crippen molar-refractivity contribution in [2.24, 2.45) is 29.6 Å². The lowest BCUT2D eigenvalue weighted by atomic mass is 9.57. The summed E-state index contributed by atoms with van der Waals surface area (Å²) < 4.78 is 5.66. The number of allylic oxidation sites excluding steroid dienone is 2. The maximum absolute atomic E-state index is 14.3. The van der Waals surface area contributed by atoms with Crippen molar-refractivity contribution >= 4 is 60.2 Å². The van der Waals surface area contributed by atoms with E-state index >= 15 is 0 Å². The molecule has 6 unspecified atom stereocenters. The molecule has 0 radical (unpaired) electrons. The fourth-order valence-electron chi connectivity index (χ4n) is 8.12. The summed E-state index contributed by atoms with van der Waals surface area (Å²) in [5.74, 6) is -6.39. The number of hydrogen-bond donors (Lipinski definition) is 5. The zero-order valence-corrected chi connectivity index (χ0v) is 25.8. The van der Waals surface area contributed by atoms with Crippen molar-refractivity contribution in [1.29, 1.82) is 0 Å². The lowest BCUT2D eigenvalue weighted by molar-refractivity contribution is -0.126. The van der Waals surface area contributed by atoms with Crippen LogP contribution in [0.15, 0.2) is 78.4 Å². The summed E-state index contributed by atoms with van der Waals surface area (Å²) >= 11 is 0. The predicted octanol–water partition coefficient (Wildman–Crippen LogP) is 0.196. The van der Waals surface area contributed by atoms with Gasteiger partial charge in [-0.05, 0) is 78.6 Å². The second-order valence-electron chi connectivity index (χ2n) is 12.6. The Morgan fingerprint density at radius 2 is 1.31 bits per heavy atom. The van der Waals surface area contributed by atoms with E-state index in [1.807, 2.05) is 6.08 Å². The molecule has 12 nitrogen and oxygen atoms in total. The number of carbonyl (C=O) groups excluding carboxylic acids is 4. The number of fused-ring (bicyclic) bond motifs is 4. The highest BCUT2D eigenvalue weighted by atomic mass is 16.5. The quantitative estimate of drug-likeness (QED) is 0.134. The standard InChI is InChI=1S/C34H32B2N2O10/c1-2-48-27-13-17(9-12-26(27)39)28-22-10-11-23-29(33(42)37(31(23)40)20-7-3-5-18(14-20)35(44)45)24(22)16-25-30(28)34(43)38(32(25)41)21-8-4-6-19(15-21)36(46)47/h3-10,12-15,23-25,28-30,39,44-47H,2,11,16H2,1H3. The number of hydrogen-bond acceptors (Lipinski definition) is 10. The Balaban J connectivity index is 1.33. The molecule has 2 heterocycles. The van der Waals surface area contributed by atoms with Crippen molar-refractivity contribution in [3.8, 4) is 11.5 Å². The van der Waals surface area contributed by atoms with Crippen LogP contribution in [-0.4, -0.2) is 69.7 Å². The van der Waals surface area contributed by atoms with Crippen LogP contribution in [0.2, 0.25) is 0 Å². The second kappa shape index (κ2) is 12.0. The summed E-state index contributed by atoms with van der Waals surface area (Å²) in [6, 6.07) is 16.6. The molecule has 3 fully saturated rings. The van der Waals surface area contributed by atoms with Crippen LogP contribution in [0.1, 0.15) is 31.2 Å². The first-order valence-corrected chi connectivity index (χ1v) is 15.8. The topological polar surface area (TPSA) is 185 Å². The highest BCUT2D eigenvalue weighted by Crippen LogP contribution is 2.58. The number of nitrogens with zero attached hydrogens (tertiary/aromatic N) is 2. The van der Waals surface area contributed by atoms with E-state index in [0.717, 1.165) is 15.4 Å². The number of anilines is 2. The Labute approximate surface area is 276 Å². The van der Waals surface area contributed by atoms with Gasteiger partial charge in [-0.2, -0.15) is 0 Å². The molecule has 244 valence electrons. The smallest absolute Gasteiger partial charge is 0.488 e. The molecule has 7 rings (SSSR count). The predicted molar refractivity (Wildman–Crippen MR) is 174 cm³/mol. The van der Waals surface area contributed by atoms with E-state index in [1.54, 1.807) is 31.2 Å². The fraction of sp³-hybridized carbons (Fsp3) is 0.294. The maximum Gasteiger partial charge on any atom is 0.488 e. The van der Waals surface area contributed by atoms with Crippen LogP contribution in [0.3, 0.4) is 0 Å². The van der Waals surface area contributed by atoms with Crippen molar-refractivity contribution in [1.82, 2.24) is 0 Å². The number of ether oxygens (including phenoxy) is 1. The van der Waals surface area contributed by atoms with E-state index in [9.17, 15) is 44.4 Å². The molecular formula is C34H32B2N2O10. The first kappa shape index (κ1) is 31.8. The molecule has 2 aliphatic carbocycles. The Hall–Kier alpha value is -4.75. The number of amides is 4. The summed E-state index contributed by atoms with van der Waals surface area (Å²) in [5, 5.41) is 49.5. The van der Waals surface area contributed by atoms with Crippen molar-refractivity contribution < 1.29 is 49.1 Å². The molecule has 14 heteroatoms. The third kappa shape index (κ3) is 4.95. The zero-order chi connectivity index (χ0) is 34.0. The van der Waals surface area contributed by atoms with Crippen LogP contribution in [0.5, 0.6) is 11.5 Å². The van der Waals surface area contributed by atoms with Gasteiger partial charge >= 0.3 is 14.2 Å². The number of carbonyl (C=O) groups is 4. The van der Waals surface area contributed by atoms with Crippen LogP contribution in [0.25, 0.3) is 0 Å². The maximum atomic E-state index is 14.3. The van der Waals surface area contributed by atoms with E-state index in [4.69, 9.17) is 4.74 Å². The van der Waals surface area contributed by atoms with Crippen LogP contribution in [0, 0.1) is 29.6 Å². The molecule has 4 aliphatic rings. The summed E-state index contributed by atoms with van der Waals surface area (Å²) in [6.07, 6.45) is 2.23. The first-order chi connectivity index (χ1) is 23.0. The summed E-state index contributed by atoms with van der Waals surface area (Å²) in [6.45, 7) is 2.03. The van der Waals surface area contributed by atoms with Crippen molar-refractivity contribution in [3.05, 3.63) is 83.9 Å². The molecule has 0 aromatic heterocycles.